The van der Waals surface area contributed by atoms with E-state index in [1.165, 1.54) is 5.56 Å². The Balaban J connectivity index is 2.06. The number of hydrogen-bond acceptors (Lipinski definition) is 3. The van der Waals surface area contributed by atoms with Gasteiger partial charge in [-0.3, -0.25) is 4.90 Å². The van der Waals surface area contributed by atoms with Gasteiger partial charge in [0, 0.05) is 19.6 Å². The molecule has 86 valence electrons. The summed E-state index contributed by atoms with van der Waals surface area (Å²) in [5.41, 5.74) is 1.17. The summed E-state index contributed by atoms with van der Waals surface area (Å²) in [5, 5.41) is 9.49. The molecule has 0 atom stereocenters. The molecule has 0 amide bonds. The summed E-state index contributed by atoms with van der Waals surface area (Å²) in [6.45, 7) is 3.00. The largest absolute Gasteiger partial charge is 0.504 e. The predicted molar refractivity (Wildman–Crippen MR) is 63.7 cm³/mol. The van der Waals surface area contributed by atoms with Crippen molar-refractivity contribution in [2.75, 3.05) is 20.2 Å². The summed E-state index contributed by atoms with van der Waals surface area (Å²) in [5.74, 6) is 0.745. The van der Waals surface area contributed by atoms with Crippen LogP contribution in [0, 0.1) is 0 Å². The first-order valence-corrected chi connectivity index (χ1v) is 5.53. The van der Waals surface area contributed by atoms with Gasteiger partial charge in [-0.25, -0.2) is 0 Å². The lowest BCUT2D eigenvalue weighted by Gasteiger charge is -2.23. The third-order valence-corrected chi connectivity index (χ3v) is 2.79. The fourth-order valence-electron chi connectivity index (χ4n) is 1.91. The van der Waals surface area contributed by atoms with E-state index in [0.29, 0.717) is 5.75 Å². The lowest BCUT2D eigenvalue weighted by atomic mass is 10.1. The molecule has 0 spiro atoms. The standard InChI is InChI=1S/C13H17NO2/c1-16-13-9-11(5-6-12(13)15)10-14-7-3-2-4-8-14/h2-3,5-6,9,15H,4,7-8,10H2,1H3. The van der Waals surface area contributed by atoms with Crippen molar-refractivity contribution < 1.29 is 9.84 Å². The van der Waals surface area contributed by atoms with E-state index < -0.39 is 0 Å². The number of methoxy groups -OCH3 is 1. The number of hydrogen-bond donors (Lipinski definition) is 1. The van der Waals surface area contributed by atoms with Crippen LogP contribution in [0.5, 0.6) is 11.5 Å². The molecule has 0 bridgehead atoms. The van der Waals surface area contributed by atoms with Gasteiger partial charge in [0.2, 0.25) is 0 Å². The monoisotopic (exact) mass is 219 g/mol. The molecule has 1 aromatic rings. The number of phenols is 1. The third kappa shape index (κ3) is 2.55. The molecule has 1 aliphatic heterocycles. The minimum Gasteiger partial charge on any atom is -0.504 e. The molecule has 3 heteroatoms. The Morgan fingerprint density at radius 2 is 2.25 bits per heavy atom. The lowest BCUT2D eigenvalue weighted by molar-refractivity contribution is 0.289. The van der Waals surface area contributed by atoms with Gasteiger partial charge in [-0.05, 0) is 24.1 Å². The molecule has 16 heavy (non-hydrogen) atoms. The average Bonchev–Trinajstić information content (AvgIpc) is 2.33. The average molecular weight is 219 g/mol. The third-order valence-electron chi connectivity index (χ3n) is 2.79. The quantitative estimate of drug-likeness (QED) is 0.791. The topological polar surface area (TPSA) is 32.7 Å². The van der Waals surface area contributed by atoms with Crippen LogP contribution < -0.4 is 4.74 Å². The maximum atomic E-state index is 9.49. The molecule has 0 aromatic heterocycles. The van der Waals surface area contributed by atoms with Gasteiger partial charge in [0.05, 0.1) is 7.11 Å². The zero-order valence-electron chi connectivity index (χ0n) is 9.52. The lowest BCUT2D eigenvalue weighted by Crippen LogP contribution is -2.26. The molecule has 0 aliphatic carbocycles. The second-order valence-electron chi connectivity index (χ2n) is 4.00. The van der Waals surface area contributed by atoms with Crippen molar-refractivity contribution in [1.29, 1.82) is 0 Å². The zero-order valence-corrected chi connectivity index (χ0v) is 9.52. The molecule has 3 nitrogen and oxygen atoms in total. The highest BCUT2D eigenvalue weighted by Gasteiger charge is 2.08. The van der Waals surface area contributed by atoms with Crippen molar-refractivity contribution >= 4 is 0 Å². The molecular formula is C13H17NO2. The second-order valence-corrected chi connectivity index (χ2v) is 4.00. The Hall–Kier alpha value is -1.48. The Morgan fingerprint density at radius 3 is 2.94 bits per heavy atom. The Labute approximate surface area is 96.0 Å². The fraction of sp³-hybridized carbons (Fsp3) is 0.385. The van der Waals surface area contributed by atoms with Crippen LogP contribution >= 0.6 is 0 Å². The van der Waals surface area contributed by atoms with Crippen LogP contribution in [-0.2, 0) is 6.54 Å². The first-order chi connectivity index (χ1) is 7.79. The van der Waals surface area contributed by atoms with Gasteiger partial charge >= 0.3 is 0 Å². The summed E-state index contributed by atoms with van der Waals surface area (Å²) in [6.07, 6.45) is 5.53. The summed E-state index contributed by atoms with van der Waals surface area (Å²) >= 11 is 0. The highest BCUT2D eigenvalue weighted by molar-refractivity contribution is 5.41. The van der Waals surface area contributed by atoms with Crippen LogP contribution in [0.15, 0.2) is 30.4 Å². The summed E-state index contributed by atoms with van der Waals surface area (Å²) in [7, 11) is 1.57. The highest BCUT2D eigenvalue weighted by atomic mass is 16.5. The Bertz CT molecular complexity index is 388. The van der Waals surface area contributed by atoms with E-state index in [2.05, 4.69) is 17.1 Å². The van der Waals surface area contributed by atoms with Crippen molar-refractivity contribution in [1.82, 2.24) is 4.90 Å². The first-order valence-electron chi connectivity index (χ1n) is 5.53. The predicted octanol–water partition coefficient (Wildman–Crippen LogP) is 2.16. The molecule has 0 fully saturated rings. The fourth-order valence-corrected chi connectivity index (χ4v) is 1.91. The SMILES string of the molecule is COc1cc(CN2CC=CCC2)ccc1O. The van der Waals surface area contributed by atoms with Crippen LogP contribution in [-0.4, -0.2) is 30.2 Å². The maximum Gasteiger partial charge on any atom is 0.160 e. The molecular weight excluding hydrogens is 202 g/mol. The van der Waals surface area contributed by atoms with Crippen LogP contribution in [0.4, 0.5) is 0 Å². The van der Waals surface area contributed by atoms with Crippen LogP contribution in [0.25, 0.3) is 0 Å². The van der Waals surface area contributed by atoms with Gasteiger partial charge < -0.3 is 9.84 Å². The van der Waals surface area contributed by atoms with Crippen molar-refractivity contribution in [2.45, 2.75) is 13.0 Å². The van der Waals surface area contributed by atoms with Crippen LogP contribution in [0.1, 0.15) is 12.0 Å². The number of benzene rings is 1. The molecule has 0 radical (unpaired) electrons. The minimum absolute atomic E-state index is 0.199. The zero-order chi connectivity index (χ0) is 11.4. The second kappa shape index (κ2) is 5.03. The Morgan fingerprint density at radius 1 is 1.38 bits per heavy atom. The van der Waals surface area contributed by atoms with E-state index in [-0.39, 0.29) is 5.75 Å². The number of rotatable bonds is 3. The van der Waals surface area contributed by atoms with Crippen molar-refractivity contribution in [2.24, 2.45) is 0 Å². The van der Waals surface area contributed by atoms with E-state index in [4.69, 9.17) is 4.74 Å². The van der Waals surface area contributed by atoms with E-state index in [0.717, 1.165) is 26.1 Å². The van der Waals surface area contributed by atoms with E-state index in [9.17, 15) is 5.11 Å². The minimum atomic E-state index is 0.199. The van der Waals surface area contributed by atoms with E-state index in [1.807, 2.05) is 12.1 Å². The van der Waals surface area contributed by atoms with E-state index in [1.54, 1.807) is 13.2 Å². The molecule has 1 aliphatic rings. The summed E-state index contributed by atoms with van der Waals surface area (Å²) < 4.78 is 5.09. The molecule has 2 rings (SSSR count). The van der Waals surface area contributed by atoms with Crippen molar-refractivity contribution in [3.05, 3.63) is 35.9 Å². The van der Waals surface area contributed by atoms with Crippen molar-refractivity contribution in [3.8, 4) is 11.5 Å². The molecule has 1 aromatic carbocycles. The van der Waals surface area contributed by atoms with Gasteiger partial charge in [0.25, 0.3) is 0 Å². The number of phenolic OH excluding ortho intramolecular Hbond substituents is 1. The van der Waals surface area contributed by atoms with Crippen LogP contribution in [0.3, 0.4) is 0 Å². The smallest absolute Gasteiger partial charge is 0.160 e. The molecule has 0 saturated heterocycles. The maximum absolute atomic E-state index is 9.49. The number of aromatic hydroxyl groups is 1. The van der Waals surface area contributed by atoms with Crippen LogP contribution in [0.2, 0.25) is 0 Å². The van der Waals surface area contributed by atoms with Gasteiger partial charge in [-0.2, -0.15) is 0 Å². The molecule has 0 saturated carbocycles. The summed E-state index contributed by atoms with van der Waals surface area (Å²) in [6, 6.07) is 5.53. The molecule has 0 unspecified atom stereocenters. The van der Waals surface area contributed by atoms with Gasteiger partial charge in [-0.15, -0.1) is 0 Å². The Kier molecular flexibility index (Phi) is 3.47. The normalized spacial score (nSPS) is 16.3. The highest BCUT2D eigenvalue weighted by Crippen LogP contribution is 2.26. The molecule has 1 heterocycles. The first kappa shape index (κ1) is 11.0. The number of ether oxygens (including phenoxy) is 1. The summed E-state index contributed by atoms with van der Waals surface area (Å²) in [4.78, 5) is 2.37. The van der Waals surface area contributed by atoms with Gasteiger partial charge in [-0.1, -0.05) is 18.2 Å². The molecule has 1 N–H and O–H groups in total. The van der Waals surface area contributed by atoms with Gasteiger partial charge in [0.15, 0.2) is 11.5 Å². The van der Waals surface area contributed by atoms with Crippen molar-refractivity contribution in [3.63, 3.8) is 0 Å². The number of nitrogens with zero attached hydrogens (tertiary/aromatic N) is 1. The van der Waals surface area contributed by atoms with Gasteiger partial charge in [0.1, 0.15) is 0 Å². The van der Waals surface area contributed by atoms with E-state index >= 15 is 0 Å².